The molecule has 0 aliphatic heterocycles. The fourth-order valence-corrected chi connectivity index (χ4v) is 1.98. The lowest BCUT2D eigenvalue weighted by atomic mass is 10.2. The van der Waals surface area contributed by atoms with Gasteiger partial charge in [-0.15, -0.1) is 0 Å². The van der Waals surface area contributed by atoms with Crippen LogP contribution >= 0.6 is 11.8 Å². The minimum Gasteiger partial charge on any atom is -0.287 e. The van der Waals surface area contributed by atoms with Crippen LogP contribution in [-0.4, -0.2) is 5.12 Å². The molecule has 12 heavy (non-hydrogen) atoms. The number of hydrogen-bond donors (Lipinski definition) is 0. The molecule has 1 aromatic rings. The van der Waals surface area contributed by atoms with Gasteiger partial charge in [-0.25, -0.2) is 0 Å². The largest absolute Gasteiger partial charge is 0.287 e. The summed E-state index contributed by atoms with van der Waals surface area (Å²) < 4.78 is 0. The van der Waals surface area contributed by atoms with Crippen molar-refractivity contribution in [2.75, 3.05) is 0 Å². The molecule has 0 unspecified atom stereocenters. The average molecular weight is 180 g/mol. The van der Waals surface area contributed by atoms with E-state index in [1.807, 2.05) is 26.0 Å². The summed E-state index contributed by atoms with van der Waals surface area (Å²) in [7, 11) is 0. The van der Waals surface area contributed by atoms with E-state index in [1.165, 1.54) is 22.9 Å². The Balaban J connectivity index is 2.93. The Bertz CT molecular complexity index is 284. The molecule has 1 nitrogen and oxygen atoms in total. The van der Waals surface area contributed by atoms with E-state index in [1.54, 1.807) is 6.92 Å². The van der Waals surface area contributed by atoms with Crippen LogP contribution in [0.5, 0.6) is 0 Å². The molecule has 0 N–H and O–H groups in total. The van der Waals surface area contributed by atoms with Crippen molar-refractivity contribution < 1.29 is 4.79 Å². The van der Waals surface area contributed by atoms with Crippen molar-refractivity contribution in [1.29, 1.82) is 0 Å². The zero-order valence-electron chi connectivity index (χ0n) is 7.55. The van der Waals surface area contributed by atoms with Gasteiger partial charge in [-0.2, -0.15) is 0 Å². The third-order valence-electron chi connectivity index (χ3n) is 1.46. The lowest BCUT2D eigenvalue weighted by molar-refractivity contribution is -0.109. The number of benzene rings is 1. The molecule has 2 heteroatoms. The topological polar surface area (TPSA) is 17.1 Å². The van der Waals surface area contributed by atoms with Gasteiger partial charge in [0.05, 0.1) is 0 Å². The summed E-state index contributed by atoms with van der Waals surface area (Å²) in [5.74, 6) is 0. The van der Waals surface area contributed by atoms with E-state index in [0.717, 1.165) is 4.90 Å². The first kappa shape index (κ1) is 9.33. The molecule has 0 atom stereocenters. The van der Waals surface area contributed by atoms with Gasteiger partial charge in [0.25, 0.3) is 0 Å². The molecule has 0 aliphatic rings. The van der Waals surface area contributed by atoms with E-state index in [-0.39, 0.29) is 5.12 Å². The molecular formula is C10H12OS. The van der Waals surface area contributed by atoms with Gasteiger partial charge in [0, 0.05) is 11.8 Å². The van der Waals surface area contributed by atoms with Gasteiger partial charge in [0.2, 0.25) is 0 Å². The SMILES string of the molecule is CC(=O)Sc1cc(C)cc(C)c1. The zero-order chi connectivity index (χ0) is 9.14. The second kappa shape index (κ2) is 3.76. The molecule has 1 aromatic carbocycles. The molecule has 0 saturated carbocycles. The molecule has 64 valence electrons. The highest BCUT2D eigenvalue weighted by molar-refractivity contribution is 8.13. The molecule has 0 aromatic heterocycles. The van der Waals surface area contributed by atoms with Gasteiger partial charge in [0.1, 0.15) is 0 Å². The van der Waals surface area contributed by atoms with E-state index in [0.29, 0.717) is 0 Å². The fourth-order valence-electron chi connectivity index (χ4n) is 1.16. The van der Waals surface area contributed by atoms with Gasteiger partial charge in [0.15, 0.2) is 5.12 Å². The van der Waals surface area contributed by atoms with Gasteiger partial charge in [-0.05, 0) is 37.1 Å². The first-order valence-electron chi connectivity index (χ1n) is 3.84. The zero-order valence-corrected chi connectivity index (χ0v) is 8.37. The average Bonchev–Trinajstić information content (AvgIpc) is 1.81. The van der Waals surface area contributed by atoms with Gasteiger partial charge < -0.3 is 0 Å². The van der Waals surface area contributed by atoms with Crippen molar-refractivity contribution in [3.8, 4) is 0 Å². The van der Waals surface area contributed by atoms with Crippen molar-refractivity contribution in [2.24, 2.45) is 0 Å². The van der Waals surface area contributed by atoms with E-state index in [9.17, 15) is 4.79 Å². The molecule has 0 aliphatic carbocycles. The van der Waals surface area contributed by atoms with Crippen LogP contribution in [0.15, 0.2) is 23.1 Å². The normalized spacial score (nSPS) is 9.92. The summed E-state index contributed by atoms with van der Waals surface area (Å²) in [6.07, 6.45) is 0. The predicted molar refractivity (Wildman–Crippen MR) is 52.5 cm³/mol. The number of thioether (sulfide) groups is 1. The maximum atomic E-state index is 10.8. The van der Waals surface area contributed by atoms with Crippen LogP contribution < -0.4 is 0 Å². The maximum absolute atomic E-state index is 10.8. The Kier molecular flexibility index (Phi) is 2.93. The lowest BCUT2D eigenvalue weighted by Crippen LogP contribution is -1.84. The van der Waals surface area contributed by atoms with Crippen LogP contribution in [0.1, 0.15) is 18.1 Å². The smallest absolute Gasteiger partial charge is 0.190 e. The molecular weight excluding hydrogens is 168 g/mol. The molecule has 0 radical (unpaired) electrons. The maximum Gasteiger partial charge on any atom is 0.190 e. The summed E-state index contributed by atoms with van der Waals surface area (Å²) in [6.45, 7) is 5.66. The number of carbonyl (C=O) groups excluding carboxylic acids is 1. The Morgan fingerprint density at radius 2 is 1.67 bits per heavy atom. The van der Waals surface area contributed by atoms with Crippen LogP contribution in [0.25, 0.3) is 0 Å². The summed E-state index contributed by atoms with van der Waals surface area (Å²) >= 11 is 1.29. The van der Waals surface area contributed by atoms with E-state index in [4.69, 9.17) is 0 Å². The third kappa shape index (κ3) is 2.70. The predicted octanol–water partition coefficient (Wildman–Crippen LogP) is 2.94. The molecule has 0 heterocycles. The summed E-state index contributed by atoms with van der Waals surface area (Å²) in [5, 5.41) is 0.139. The van der Waals surface area contributed by atoms with Gasteiger partial charge in [-0.3, -0.25) is 4.79 Å². The highest BCUT2D eigenvalue weighted by atomic mass is 32.2. The third-order valence-corrected chi connectivity index (χ3v) is 2.22. The number of hydrogen-bond acceptors (Lipinski definition) is 2. The Morgan fingerprint density at radius 1 is 1.17 bits per heavy atom. The van der Waals surface area contributed by atoms with Crippen molar-refractivity contribution in [1.82, 2.24) is 0 Å². The van der Waals surface area contributed by atoms with E-state index in [2.05, 4.69) is 6.07 Å². The van der Waals surface area contributed by atoms with Crippen LogP contribution in [0.4, 0.5) is 0 Å². The van der Waals surface area contributed by atoms with Crippen LogP contribution in [0.2, 0.25) is 0 Å². The first-order valence-corrected chi connectivity index (χ1v) is 4.66. The molecule has 0 spiro atoms. The van der Waals surface area contributed by atoms with Crippen molar-refractivity contribution in [3.63, 3.8) is 0 Å². The lowest BCUT2D eigenvalue weighted by Gasteiger charge is -2.01. The summed E-state index contributed by atoms with van der Waals surface area (Å²) in [5.41, 5.74) is 2.41. The minimum atomic E-state index is 0.139. The Hall–Kier alpha value is -0.760. The van der Waals surface area contributed by atoms with E-state index < -0.39 is 0 Å². The van der Waals surface area contributed by atoms with Crippen LogP contribution in [0.3, 0.4) is 0 Å². The highest BCUT2D eigenvalue weighted by Crippen LogP contribution is 2.21. The second-order valence-electron chi connectivity index (χ2n) is 2.92. The van der Waals surface area contributed by atoms with Crippen LogP contribution in [-0.2, 0) is 4.79 Å². The number of carbonyl (C=O) groups is 1. The summed E-state index contributed by atoms with van der Waals surface area (Å²) in [4.78, 5) is 11.8. The standard InChI is InChI=1S/C10H12OS/c1-7-4-8(2)6-10(5-7)12-9(3)11/h4-6H,1-3H3. The van der Waals surface area contributed by atoms with Crippen molar-refractivity contribution >= 4 is 16.9 Å². The number of rotatable bonds is 1. The van der Waals surface area contributed by atoms with Gasteiger partial charge >= 0.3 is 0 Å². The quantitative estimate of drug-likeness (QED) is 0.618. The van der Waals surface area contributed by atoms with Crippen LogP contribution in [0, 0.1) is 13.8 Å². The Labute approximate surface area is 77.2 Å². The molecule has 0 bridgehead atoms. The van der Waals surface area contributed by atoms with Crippen molar-refractivity contribution in [3.05, 3.63) is 29.3 Å². The molecule has 1 rings (SSSR count). The monoisotopic (exact) mass is 180 g/mol. The van der Waals surface area contributed by atoms with Gasteiger partial charge in [-0.1, -0.05) is 17.8 Å². The van der Waals surface area contributed by atoms with Crippen molar-refractivity contribution in [2.45, 2.75) is 25.7 Å². The first-order chi connectivity index (χ1) is 5.58. The fraction of sp³-hybridized carbons (Fsp3) is 0.300. The molecule has 0 fully saturated rings. The Morgan fingerprint density at radius 3 is 2.08 bits per heavy atom. The minimum absolute atomic E-state index is 0.139. The van der Waals surface area contributed by atoms with E-state index >= 15 is 0 Å². The molecule has 0 amide bonds. The summed E-state index contributed by atoms with van der Waals surface area (Å²) in [6, 6.07) is 6.16. The highest BCUT2D eigenvalue weighted by Gasteiger charge is 1.99. The molecule has 0 saturated heterocycles. The number of aryl methyl sites for hydroxylation is 2. The second-order valence-corrected chi connectivity index (χ2v) is 4.17.